The predicted molar refractivity (Wildman–Crippen MR) is 79.3 cm³/mol. The van der Waals surface area contributed by atoms with Crippen LogP contribution in [0.2, 0.25) is 0 Å². The Labute approximate surface area is 139 Å². The van der Waals surface area contributed by atoms with Crippen molar-refractivity contribution in [1.82, 2.24) is 5.06 Å². The molecule has 1 rings (SSSR count). The van der Waals surface area contributed by atoms with Gasteiger partial charge in [-0.15, -0.1) is 25.3 Å². The lowest BCUT2D eigenvalue weighted by Gasteiger charge is -2.39. The molecule has 1 heterocycles. The molecule has 1 aliphatic rings. The van der Waals surface area contributed by atoms with E-state index in [-0.39, 0.29) is 19.6 Å². The van der Waals surface area contributed by atoms with E-state index in [1.165, 1.54) is 5.06 Å². The highest BCUT2D eigenvalue weighted by Crippen LogP contribution is 2.49. The summed E-state index contributed by atoms with van der Waals surface area (Å²) in [6.45, 7) is 7.98. The van der Waals surface area contributed by atoms with E-state index in [1.54, 1.807) is 34.6 Å². The molecule has 1 fully saturated rings. The fraction of sp³-hybridized carbons (Fsp3) is 0.923. The minimum absolute atomic E-state index is 0.148. The van der Waals surface area contributed by atoms with Gasteiger partial charge in [-0.2, -0.15) is 0 Å². The summed E-state index contributed by atoms with van der Waals surface area (Å²) in [5.74, 6) is -1.55. The van der Waals surface area contributed by atoms with Gasteiger partial charge in [-0.3, -0.25) is 4.79 Å². The molecule has 0 N–H and O–H groups in total. The van der Waals surface area contributed by atoms with Gasteiger partial charge >= 0.3 is 5.97 Å². The molecule has 0 radical (unpaired) electrons. The molecule has 0 aliphatic carbocycles. The van der Waals surface area contributed by atoms with E-state index < -0.39 is 39.1 Å². The lowest BCUT2D eigenvalue weighted by Crippen LogP contribution is -2.51. The van der Waals surface area contributed by atoms with Crippen LogP contribution in [0, 0.1) is 32.1 Å². The summed E-state index contributed by atoms with van der Waals surface area (Å²) in [5, 5.41) is 20.7. The Morgan fingerprint density at radius 2 is 1.38 bits per heavy atom. The van der Waals surface area contributed by atoms with Crippen molar-refractivity contribution < 1.29 is 29.5 Å². The van der Waals surface area contributed by atoms with E-state index in [2.05, 4.69) is 9.68 Å². The molecular weight excluding hydrogens is 326 g/mol. The molecule has 2 atom stereocenters. The summed E-state index contributed by atoms with van der Waals surface area (Å²) < 4.78 is 0. The van der Waals surface area contributed by atoms with E-state index in [1.807, 2.05) is 0 Å². The molecular formula is C13H23N3O8. The Kier molecular flexibility index (Phi) is 5.93. The van der Waals surface area contributed by atoms with Crippen molar-refractivity contribution in [3.05, 3.63) is 20.2 Å². The molecule has 1 aliphatic heterocycles. The molecule has 2 unspecified atom stereocenters. The van der Waals surface area contributed by atoms with Crippen LogP contribution in [0.15, 0.2) is 0 Å². The van der Waals surface area contributed by atoms with Gasteiger partial charge < -0.3 is 14.5 Å². The Balaban J connectivity index is 3.16. The first-order chi connectivity index (χ1) is 10.9. The highest BCUT2D eigenvalue weighted by molar-refractivity contribution is 5.68. The van der Waals surface area contributed by atoms with Crippen molar-refractivity contribution in [2.75, 3.05) is 13.2 Å². The van der Waals surface area contributed by atoms with Crippen LogP contribution in [-0.4, -0.2) is 45.5 Å². The van der Waals surface area contributed by atoms with E-state index in [0.29, 0.717) is 0 Å². The van der Waals surface area contributed by atoms with E-state index in [4.69, 9.17) is 4.84 Å². The molecule has 1 saturated heterocycles. The summed E-state index contributed by atoms with van der Waals surface area (Å²) in [7, 11) is 0. The minimum atomic E-state index is -0.921. The van der Waals surface area contributed by atoms with Gasteiger partial charge in [-0.1, -0.05) is 6.92 Å². The summed E-state index contributed by atoms with van der Waals surface area (Å²) in [6.07, 6.45) is 0.148. The van der Waals surface area contributed by atoms with E-state index in [9.17, 15) is 25.0 Å². The van der Waals surface area contributed by atoms with Gasteiger partial charge in [0, 0.05) is 18.3 Å². The van der Waals surface area contributed by atoms with Crippen LogP contribution < -0.4 is 0 Å². The van der Waals surface area contributed by atoms with E-state index in [0.717, 1.165) is 0 Å². The Hall–Kier alpha value is -2.17. The third-order valence-electron chi connectivity index (χ3n) is 4.55. The first kappa shape index (κ1) is 19.9. The third kappa shape index (κ3) is 4.02. The van der Waals surface area contributed by atoms with Crippen LogP contribution in [0.1, 0.15) is 41.0 Å². The second kappa shape index (κ2) is 7.16. The SMILES string of the molecule is CCC(=O)ON1C(C)(C)C(CO[N+](=O)[O-])C(CO[N+](=O)[O-])C1(C)C. The lowest BCUT2D eigenvalue weighted by atomic mass is 9.78. The van der Waals surface area contributed by atoms with Crippen molar-refractivity contribution in [2.45, 2.75) is 52.1 Å². The molecule has 0 saturated carbocycles. The van der Waals surface area contributed by atoms with Gasteiger partial charge in [0.1, 0.15) is 13.2 Å². The second-order valence-corrected chi connectivity index (χ2v) is 6.67. The maximum absolute atomic E-state index is 11.7. The van der Waals surface area contributed by atoms with Gasteiger partial charge in [0.25, 0.3) is 10.2 Å². The van der Waals surface area contributed by atoms with Crippen LogP contribution in [0.4, 0.5) is 0 Å². The zero-order valence-corrected chi connectivity index (χ0v) is 14.4. The van der Waals surface area contributed by atoms with Crippen molar-refractivity contribution in [2.24, 2.45) is 11.8 Å². The molecule has 138 valence electrons. The molecule has 0 bridgehead atoms. The maximum Gasteiger partial charge on any atom is 0.324 e. The first-order valence-electron chi connectivity index (χ1n) is 7.50. The summed E-state index contributed by atoms with van der Waals surface area (Å²) in [4.78, 5) is 47.3. The molecule has 24 heavy (non-hydrogen) atoms. The number of carbonyl (C=O) groups excluding carboxylic acids is 1. The van der Waals surface area contributed by atoms with Crippen molar-refractivity contribution in [3.8, 4) is 0 Å². The average Bonchev–Trinajstić information content (AvgIpc) is 2.59. The van der Waals surface area contributed by atoms with Crippen molar-refractivity contribution >= 4 is 5.97 Å². The maximum atomic E-state index is 11.7. The summed E-state index contributed by atoms with van der Waals surface area (Å²) in [6, 6.07) is 0. The third-order valence-corrected chi connectivity index (χ3v) is 4.55. The molecule has 0 aromatic carbocycles. The molecule has 0 amide bonds. The van der Waals surface area contributed by atoms with Crippen LogP contribution in [-0.2, 0) is 19.3 Å². The Morgan fingerprint density at radius 3 is 1.67 bits per heavy atom. The molecule has 0 aromatic heterocycles. The van der Waals surface area contributed by atoms with Crippen LogP contribution in [0.5, 0.6) is 0 Å². The largest absolute Gasteiger partial charge is 0.367 e. The van der Waals surface area contributed by atoms with E-state index >= 15 is 0 Å². The quantitative estimate of drug-likeness (QED) is 0.470. The fourth-order valence-electron chi connectivity index (χ4n) is 3.35. The monoisotopic (exact) mass is 349 g/mol. The number of hydrogen-bond acceptors (Lipinski definition) is 9. The summed E-state index contributed by atoms with van der Waals surface area (Å²) >= 11 is 0. The van der Waals surface area contributed by atoms with Crippen molar-refractivity contribution in [1.29, 1.82) is 0 Å². The Bertz CT molecular complexity index is 471. The zero-order chi connectivity index (χ0) is 18.7. The van der Waals surface area contributed by atoms with Gasteiger partial charge in [0.2, 0.25) is 0 Å². The number of nitrogens with zero attached hydrogens (tertiary/aromatic N) is 3. The predicted octanol–water partition coefficient (Wildman–Crippen LogP) is 1.38. The van der Waals surface area contributed by atoms with Crippen LogP contribution >= 0.6 is 0 Å². The normalized spacial score (nSPS) is 25.0. The fourth-order valence-corrected chi connectivity index (χ4v) is 3.35. The number of carbonyl (C=O) groups is 1. The van der Waals surface area contributed by atoms with Crippen molar-refractivity contribution in [3.63, 3.8) is 0 Å². The second-order valence-electron chi connectivity index (χ2n) is 6.67. The van der Waals surface area contributed by atoms with Gasteiger partial charge in [-0.25, -0.2) is 0 Å². The highest BCUT2D eigenvalue weighted by atomic mass is 17.0. The van der Waals surface area contributed by atoms with Gasteiger partial charge in [-0.05, 0) is 27.7 Å². The number of hydrogen-bond donors (Lipinski definition) is 0. The standard InChI is InChI=1S/C13H23N3O8/c1-6-11(17)24-14-12(2,3)9(7-22-15(18)19)10(13(14,4)5)8-23-16(20)21/h9-10H,6-8H2,1-5H3. The number of rotatable bonds is 8. The first-order valence-corrected chi connectivity index (χ1v) is 7.50. The summed E-state index contributed by atoms with van der Waals surface area (Å²) in [5.41, 5.74) is -1.70. The lowest BCUT2D eigenvalue weighted by molar-refractivity contribution is -0.763. The topological polar surface area (TPSA) is 134 Å². The molecule has 0 aromatic rings. The average molecular weight is 349 g/mol. The molecule has 11 nitrogen and oxygen atoms in total. The van der Waals surface area contributed by atoms with Crippen LogP contribution in [0.25, 0.3) is 0 Å². The molecule has 0 spiro atoms. The number of hydroxylamine groups is 2. The molecule has 11 heteroatoms. The minimum Gasteiger partial charge on any atom is -0.367 e. The van der Waals surface area contributed by atoms with Gasteiger partial charge in [0.05, 0.1) is 11.1 Å². The van der Waals surface area contributed by atoms with Gasteiger partial charge in [0.15, 0.2) is 0 Å². The smallest absolute Gasteiger partial charge is 0.324 e. The Morgan fingerprint density at radius 1 is 1.00 bits per heavy atom. The van der Waals surface area contributed by atoms with Crippen LogP contribution in [0.3, 0.4) is 0 Å². The zero-order valence-electron chi connectivity index (χ0n) is 14.4. The highest BCUT2D eigenvalue weighted by Gasteiger charge is 2.60.